The highest BCUT2D eigenvalue weighted by molar-refractivity contribution is 7.89. The van der Waals surface area contributed by atoms with Crippen LogP contribution in [-0.2, 0) is 19.6 Å². The van der Waals surface area contributed by atoms with Crippen LogP contribution in [0.25, 0.3) is 0 Å². The summed E-state index contributed by atoms with van der Waals surface area (Å²) in [5.41, 5.74) is 0.808. The van der Waals surface area contributed by atoms with Gasteiger partial charge in [-0.2, -0.15) is 4.31 Å². The first-order valence-electron chi connectivity index (χ1n) is 9.42. The third-order valence-electron chi connectivity index (χ3n) is 4.46. The molecule has 1 aliphatic rings. The Hall–Kier alpha value is -1.80. The molecule has 0 amide bonds. The van der Waals surface area contributed by atoms with Gasteiger partial charge < -0.3 is 14.2 Å². The molecule has 1 aromatic carbocycles. The van der Waals surface area contributed by atoms with Crippen LogP contribution in [0.3, 0.4) is 0 Å². The Kier molecular flexibility index (Phi) is 7.49. The number of carbonyl (C=O) groups is 1. The van der Waals surface area contributed by atoms with E-state index in [-0.39, 0.29) is 24.0 Å². The Labute approximate surface area is 161 Å². The minimum Gasteiger partial charge on any atom is -0.494 e. The maximum atomic E-state index is 13.3. The van der Waals surface area contributed by atoms with E-state index in [9.17, 15) is 13.2 Å². The summed E-state index contributed by atoms with van der Waals surface area (Å²) >= 11 is 0. The number of hydrogen-bond acceptors (Lipinski definition) is 6. The van der Waals surface area contributed by atoms with E-state index < -0.39 is 15.9 Å². The number of esters is 1. The number of rotatable bonds is 8. The molecule has 1 atom stereocenters. The molecule has 0 unspecified atom stereocenters. The molecule has 1 heterocycles. The summed E-state index contributed by atoms with van der Waals surface area (Å²) in [5.74, 6) is 0.0253. The van der Waals surface area contributed by atoms with Gasteiger partial charge in [-0.1, -0.05) is 0 Å². The van der Waals surface area contributed by atoms with Gasteiger partial charge in [0, 0.05) is 19.2 Å². The molecular weight excluding hydrogens is 370 g/mol. The summed E-state index contributed by atoms with van der Waals surface area (Å²) in [4.78, 5) is 12.1. The van der Waals surface area contributed by atoms with Crippen LogP contribution in [0, 0.1) is 12.8 Å². The van der Waals surface area contributed by atoms with Crippen LogP contribution in [-0.4, -0.2) is 51.6 Å². The molecule has 152 valence electrons. The van der Waals surface area contributed by atoms with Crippen LogP contribution in [0.4, 0.5) is 0 Å². The number of carbonyl (C=O) groups excluding carboxylic acids is 1. The summed E-state index contributed by atoms with van der Waals surface area (Å²) in [6.45, 7) is 8.79. The van der Waals surface area contributed by atoms with Gasteiger partial charge in [-0.25, -0.2) is 8.42 Å². The number of piperidine rings is 1. The molecule has 0 radical (unpaired) electrons. The van der Waals surface area contributed by atoms with E-state index in [0.717, 1.165) is 5.56 Å². The molecule has 7 nitrogen and oxygen atoms in total. The smallest absolute Gasteiger partial charge is 0.310 e. The molecular formula is C19H29NO6S. The van der Waals surface area contributed by atoms with Crippen molar-refractivity contribution in [2.45, 2.75) is 45.4 Å². The highest BCUT2D eigenvalue weighted by Gasteiger charge is 2.36. The van der Waals surface area contributed by atoms with Crippen LogP contribution < -0.4 is 9.47 Å². The fourth-order valence-electron chi connectivity index (χ4n) is 3.18. The molecule has 1 aromatic rings. The number of benzene rings is 1. The van der Waals surface area contributed by atoms with E-state index in [1.54, 1.807) is 19.9 Å². The summed E-state index contributed by atoms with van der Waals surface area (Å²) in [7, 11) is -3.83. The quantitative estimate of drug-likeness (QED) is 0.625. The van der Waals surface area contributed by atoms with E-state index >= 15 is 0 Å². The van der Waals surface area contributed by atoms with Gasteiger partial charge in [-0.05, 0) is 52.2 Å². The lowest BCUT2D eigenvalue weighted by atomic mass is 10.0. The minimum absolute atomic E-state index is 0.0721. The van der Waals surface area contributed by atoms with Crippen LogP contribution in [0.2, 0.25) is 0 Å². The zero-order valence-electron chi connectivity index (χ0n) is 16.5. The third-order valence-corrected chi connectivity index (χ3v) is 6.35. The van der Waals surface area contributed by atoms with Crippen molar-refractivity contribution in [3.63, 3.8) is 0 Å². The second-order valence-electron chi connectivity index (χ2n) is 6.38. The molecule has 27 heavy (non-hydrogen) atoms. The highest BCUT2D eigenvalue weighted by Crippen LogP contribution is 2.35. The monoisotopic (exact) mass is 399 g/mol. The van der Waals surface area contributed by atoms with Crippen molar-refractivity contribution in [2.24, 2.45) is 5.92 Å². The summed E-state index contributed by atoms with van der Waals surface area (Å²) < 4.78 is 44.2. The molecule has 0 aromatic heterocycles. The largest absolute Gasteiger partial charge is 0.494 e. The molecule has 0 N–H and O–H groups in total. The first kappa shape index (κ1) is 21.5. The molecule has 0 aliphatic carbocycles. The van der Waals surface area contributed by atoms with Crippen molar-refractivity contribution >= 4 is 16.0 Å². The fourth-order valence-corrected chi connectivity index (χ4v) is 4.83. The van der Waals surface area contributed by atoms with Crippen LogP contribution in [0.15, 0.2) is 17.0 Å². The number of hydrogen-bond donors (Lipinski definition) is 0. The molecule has 0 spiro atoms. The first-order chi connectivity index (χ1) is 12.8. The van der Waals surface area contributed by atoms with E-state index in [2.05, 4.69) is 0 Å². The highest BCUT2D eigenvalue weighted by atomic mass is 32.2. The lowest BCUT2D eigenvalue weighted by molar-refractivity contribution is -0.149. The second kappa shape index (κ2) is 9.41. The van der Waals surface area contributed by atoms with Gasteiger partial charge in [0.05, 0.1) is 25.7 Å². The Morgan fingerprint density at radius 1 is 1.11 bits per heavy atom. The Morgan fingerprint density at radius 2 is 1.78 bits per heavy atom. The standard InChI is InChI=1S/C19H29NO6S/c1-5-24-16-12-18(17(25-6-2)11-14(16)4)27(22,23)20-10-8-9-15(13-20)19(21)26-7-3/h11-12,15H,5-10,13H2,1-4H3/t15-/m1/s1. The summed E-state index contributed by atoms with van der Waals surface area (Å²) in [6.07, 6.45) is 1.23. The third kappa shape index (κ3) is 4.93. The maximum absolute atomic E-state index is 13.3. The normalized spacial score (nSPS) is 18.1. The average molecular weight is 400 g/mol. The first-order valence-corrected chi connectivity index (χ1v) is 10.9. The number of nitrogens with zero attached hydrogens (tertiary/aromatic N) is 1. The molecule has 1 aliphatic heterocycles. The molecule has 0 saturated carbocycles. The Balaban J connectivity index is 2.39. The van der Waals surface area contributed by atoms with Crippen molar-refractivity contribution in [3.05, 3.63) is 17.7 Å². The zero-order chi connectivity index (χ0) is 20.0. The maximum Gasteiger partial charge on any atom is 0.310 e. The van der Waals surface area contributed by atoms with Gasteiger partial charge in [0.1, 0.15) is 16.4 Å². The molecule has 1 fully saturated rings. The SMILES string of the molecule is CCOC(=O)[C@@H]1CCCN(S(=O)(=O)c2cc(OCC)c(C)cc2OCC)C1. The van der Waals surface area contributed by atoms with Crippen molar-refractivity contribution in [1.29, 1.82) is 0 Å². The topological polar surface area (TPSA) is 82.1 Å². The molecule has 8 heteroatoms. The van der Waals surface area contributed by atoms with Crippen LogP contribution >= 0.6 is 0 Å². The van der Waals surface area contributed by atoms with Gasteiger partial charge in [-0.3, -0.25) is 4.79 Å². The predicted octanol–water partition coefficient (Wildman–Crippen LogP) is 2.76. The van der Waals surface area contributed by atoms with Crippen molar-refractivity contribution in [1.82, 2.24) is 4.31 Å². The Bertz CT molecular complexity index is 762. The van der Waals surface area contributed by atoms with Gasteiger partial charge in [0.2, 0.25) is 10.0 Å². The average Bonchev–Trinajstić information content (AvgIpc) is 2.64. The van der Waals surface area contributed by atoms with Crippen molar-refractivity contribution in [2.75, 3.05) is 32.9 Å². The van der Waals surface area contributed by atoms with Crippen LogP contribution in [0.1, 0.15) is 39.2 Å². The fraction of sp³-hybridized carbons (Fsp3) is 0.632. The van der Waals surface area contributed by atoms with E-state index in [4.69, 9.17) is 14.2 Å². The van der Waals surface area contributed by atoms with Crippen molar-refractivity contribution < 1.29 is 27.4 Å². The lowest BCUT2D eigenvalue weighted by Gasteiger charge is -2.31. The molecule has 2 rings (SSSR count). The van der Waals surface area contributed by atoms with Gasteiger partial charge >= 0.3 is 5.97 Å². The summed E-state index contributed by atoms with van der Waals surface area (Å²) in [5, 5.41) is 0. The summed E-state index contributed by atoms with van der Waals surface area (Å²) in [6, 6.07) is 3.21. The van der Waals surface area contributed by atoms with Gasteiger partial charge in [0.15, 0.2) is 0 Å². The van der Waals surface area contributed by atoms with Gasteiger partial charge in [0.25, 0.3) is 0 Å². The number of aryl methyl sites for hydroxylation is 1. The van der Waals surface area contributed by atoms with Gasteiger partial charge in [-0.15, -0.1) is 0 Å². The predicted molar refractivity (Wildman–Crippen MR) is 102 cm³/mol. The zero-order valence-corrected chi connectivity index (χ0v) is 17.3. The lowest BCUT2D eigenvalue weighted by Crippen LogP contribution is -2.42. The number of ether oxygens (including phenoxy) is 3. The van der Waals surface area contributed by atoms with E-state index in [1.807, 2.05) is 13.8 Å². The number of sulfonamides is 1. The van der Waals surface area contributed by atoms with E-state index in [1.165, 1.54) is 10.4 Å². The van der Waals surface area contributed by atoms with E-state index in [0.29, 0.717) is 44.1 Å². The molecule has 0 bridgehead atoms. The van der Waals surface area contributed by atoms with Crippen molar-refractivity contribution in [3.8, 4) is 11.5 Å². The second-order valence-corrected chi connectivity index (χ2v) is 8.29. The van der Waals surface area contributed by atoms with Crippen LogP contribution in [0.5, 0.6) is 11.5 Å². The molecule has 1 saturated heterocycles. The Morgan fingerprint density at radius 3 is 2.41 bits per heavy atom. The minimum atomic E-state index is -3.83.